The van der Waals surface area contributed by atoms with E-state index in [-0.39, 0.29) is 0 Å². The Balaban J connectivity index is 0.000000291. The third-order valence-corrected chi connectivity index (χ3v) is 1.12. The first-order valence-electron chi connectivity index (χ1n) is 2.90. The second kappa shape index (κ2) is 4.26. The second-order valence-electron chi connectivity index (χ2n) is 1.26. The van der Waals surface area contributed by atoms with Crippen LogP contribution in [0.15, 0.2) is 0 Å². The molecule has 0 spiro atoms. The van der Waals surface area contributed by atoms with Gasteiger partial charge >= 0.3 is 0 Å². The maximum Gasteiger partial charge on any atom is 0.142 e. The number of H-pyrrole nitrogens is 2. The molecule has 1 heterocycles. The number of nitrogens with zero attached hydrogens (tertiary/aromatic N) is 1. The largest absolute Gasteiger partial charge is 0.273 e. The van der Waals surface area contributed by atoms with Crippen molar-refractivity contribution in [3.05, 3.63) is 10.3 Å². The number of aromatic nitrogens is 3. The molecule has 0 amide bonds. The van der Waals surface area contributed by atoms with Crippen molar-refractivity contribution >= 4 is 12.2 Å². The van der Waals surface area contributed by atoms with E-state index in [4.69, 9.17) is 12.2 Å². The normalized spacial score (nSPS) is 7.89. The molecule has 4 heteroatoms. The Morgan fingerprint density at radius 3 is 2.11 bits per heavy atom. The van der Waals surface area contributed by atoms with Crippen LogP contribution >= 0.6 is 12.2 Å². The molecule has 0 aliphatic rings. The van der Waals surface area contributed by atoms with E-state index < -0.39 is 0 Å². The summed E-state index contributed by atoms with van der Waals surface area (Å²) in [6.45, 7) is 5.84. The molecule has 0 bridgehead atoms. The van der Waals surface area contributed by atoms with E-state index >= 15 is 0 Å². The van der Waals surface area contributed by atoms with E-state index in [9.17, 15) is 0 Å². The lowest BCUT2D eigenvalue weighted by molar-refractivity contribution is 0.926. The Labute approximate surface area is 59.5 Å². The zero-order valence-corrected chi connectivity index (χ0v) is 6.67. The minimum Gasteiger partial charge on any atom is -0.273 e. The van der Waals surface area contributed by atoms with Gasteiger partial charge in [0.2, 0.25) is 0 Å². The van der Waals surface area contributed by atoms with Crippen LogP contribution in [0.4, 0.5) is 0 Å². The van der Waals surface area contributed by atoms with E-state index in [1.54, 1.807) is 0 Å². The quantitative estimate of drug-likeness (QED) is 0.547. The maximum absolute atomic E-state index is 4.74. The van der Waals surface area contributed by atoms with Crippen LogP contribution in [-0.4, -0.2) is 15.4 Å². The van der Waals surface area contributed by atoms with Gasteiger partial charge in [0.25, 0.3) is 0 Å². The van der Waals surface area contributed by atoms with Gasteiger partial charge in [-0.2, -0.15) is 5.10 Å². The van der Waals surface area contributed by atoms with Crippen LogP contribution in [-0.2, 0) is 0 Å². The van der Waals surface area contributed by atoms with Crippen LogP contribution in [0.25, 0.3) is 0 Å². The Morgan fingerprint density at radius 1 is 1.44 bits per heavy atom. The Kier molecular flexibility index (Phi) is 3.96. The number of rotatable bonds is 0. The van der Waals surface area contributed by atoms with Gasteiger partial charge in [-0.3, -0.25) is 5.10 Å². The standard InChI is InChI=1S/C3H5N3S.C2H6/c1-2-3(7)5-6-4-2;1-2/h1H3,(H2,4,5,6,7);1-2H3. The van der Waals surface area contributed by atoms with Gasteiger partial charge in [-0.05, 0) is 6.92 Å². The summed E-state index contributed by atoms with van der Waals surface area (Å²) >= 11 is 4.74. The predicted octanol–water partition coefficient (Wildman–Crippen LogP) is 1.80. The average molecular weight is 145 g/mol. The average Bonchev–Trinajstić information content (AvgIpc) is 2.23. The van der Waals surface area contributed by atoms with E-state index in [1.807, 2.05) is 20.8 Å². The first kappa shape index (κ1) is 8.36. The number of nitrogens with one attached hydrogen (secondary N) is 2. The van der Waals surface area contributed by atoms with E-state index in [0.29, 0.717) is 4.64 Å². The van der Waals surface area contributed by atoms with Crippen molar-refractivity contribution in [3.8, 4) is 0 Å². The number of hydrogen-bond acceptors (Lipinski definition) is 2. The van der Waals surface area contributed by atoms with Crippen LogP contribution in [0.1, 0.15) is 19.5 Å². The fourth-order valence-electron chi connectivity index (χ4n) is 0.304. The third kappa shape index (κ3) is 2.41. The van der Waals surface area contributed by atoms with Gasteiger partial charge in [-0.15, -0.1) is 0 Å². The van der Waals surface area contributed by atoms with Gasteiger partial charge < -0.3 is 0 Å². The molecular weight excluding hydrogens is 134 g/mol. The SMILES string of the molecule is CC.Cc1n[nH][nH]c1=S. The lowest BCUT2D eigenvalue weighted by atomic mass is 10.6. The highest BCUT2D eigenvalue weighted by Gasteiger charge is 1.83. The summed E-state index contributed by atoms with van der Waals surface area (Å²) in [7, 11) is 0. The highest BCUT2D eigenvalue weighted by molar-refractivity contribution is 7.71. The Morgan fingerprint density at radius 2 is 2.00 bits per heavy atom. The molecule has 2 N–H and O–H groups in total. The fourth-order valence-corrected chi connectivity index (χ4v) is 0.395. The molecule has 0 aliphatic heterocycles. The fraction of sp³-hybridized carbons (Fsp3) is 0.600. The number of hydrogen-bond donors (Lipinski definition) is 2. The van der Waals surface area contributed by atoms with Gasteiger partial charge in [-0.1, -0.05) is 26.1 Å². The summed E-state index contributed by atoms with van der Waals surface area (Å²) in [5.74, 6) is 0. The summed E-state index contributed by atoms with van der Waals surface area (Å²) in [6.07, 6.45) is 0. The molecule has 1 aromatic heterocycles. The number of aromatic amines is 2. The van der Waals surface area contributed by atoms with Crippen molar-refractivity contribution in [2.24, 2.45) is 0 Å². The molecule has 0 fully saturated rings. The van der Waals surface area contributed by atoms with Gasteiger partial charge in [0.1, 0.15) is 4.64 Å². The lowest BCUT2D eigenvalue weighted by Crippen LogP contribution is -1.67. The Hall–Kier alpha value is -0.640. The van der Waals surface area contributed by atoms with Crippen LogP contribution in [0.5, 0.6) is 0 Å². The van der Waals surface area contributed by atoms with Crippen LogP contribution in [0, 0.1) is 11.6 Å². The minimum absolute atomic E-state index is 0.681. The summed E-state index contributed by atoms with van der Waals surface area (Å²) in [4.78, 5) is 0. The third-order valence-electron chi connectivity index (χ3n) is 0.722. The summed E-state index contributed by atoms with van der Waals surface area (Å²) in [6, 6.07) is 0. The van der Waals surface area contributed by atoms with Gasteiger partial charge in [-0.25, -0.2) is 5.21 Å². The summed E-state index contributed by atoms with van der Waals surface area (Å²) in [5.41, 5.74) is 0.843. The molecule has 0 atom stereocenters. The zero-order valence-electron chi connectivity index (χ0n) is 5.86. The first-order chi connectivity index (χ1) is 4.30. The Bertz CT molecular complexity index is 200. The van der Waals surface area contributed by atoms with Crippen LogP contribution in [0.3, 0.4) is 0 Å². The highest BCUT2D eigenvalue weighted by atomic mass is 32.1. The van der Waals surface area contributed by atoms with Crippen molar-refractivity contribution in [1.29, 1.82) is 0 Å². The minimum atomic E-state index is 0.681. The maximum atomic E-state index is 4.74. The molecule has 0 saturated heterocycles. The highest BCUT2D eigenvalue weighted by Crippen LogP contribution is 1.85. The van der Waals surface area contributed by atoms with Crippen LogP contribution in [0.2, 0.25) is 0 Å². The number of aryl methyl sites for hydroxylation is 1. The van der Waals surface area contributed by atoms with Gasteiger partial charge in [0, 0.05) is 0 Å². The summed E-state index contributed by atoms with van der Waals surface area (Å²) < 4.78 is 0.681. The monoisotopic (exact) mass is 145 g/mol. The van der Waals surface area contributed by atoms with Crippen LogP contribution < -0.4 is 0 Å². The topological polar surface area (TPSA) is 44.5 Å². The smallest absolute Gasteiger partial charge is 0.142 e. The molecule has 9 heavy (non-hydrogen) atoms. The van der Waals surface area contributed by atoms with Crippen molar-refractivity contribution in [2.75, 3.05) is 0 Å². The molecule has 0 aromatic carbocycles. The zero-order chi connectivity index (χ0) is 7.28. The molecule has 52 valence electrons. The lowest BCUT2D eigenvalue weighted by Gasteiger charge is -1.65. The van der Waals surface area contributed by atoms with E-state index in [2.05, 4.69) is 15.4 Å². The molecule has 1 aromatic rings. The van der Waals surface area contributed by atoms with Crippen molar-refractivity contribution in [2.45, 2.75) is 20.8 Å². The van der Waals surface area contributed by atoms with Crippen molar-refractivity contribution in [3.63, 3.8) is 0 Å². The van der Waals surface area contributed by atoms with E-state index in [1.165, 1.54) is 0 Å². The molecule has 3 nitrogen and oxygen atoms in total. The summed E-state index contributed by atoms with van der Waals surface area (Å²) in [5, 5.41) is 8.90. The van der Waals surface area contributed by atoms with Crippen molar-refractivity contribution in [1.82, 2.24) is 15.4 Å². The predicted molar refractivity (Wildman–Crippen MR) is 39.9 cm³/mol. The molecular formula is C5H11N3S. The van der Waals surface area contributed by atoms with Gasteiger partial charge in [0.15, 0.2) is 0 Å². The first-order valence-corrected chi connectivity index (χ1v) is 3.31. The molecule has 1 rings (SSSR count). The van der Waals surface area contributed by atoms with Crippen molar-refractivity contribution < 1.29 is 0 Å². The molecule has 0 radical (unpaired) electrons. The molecule has 0 unspecified atom stereocenters. The van der Waals surface area contributed by atoms with E-state index in [0.717, 1.165) is 5.69 Å². The second-order valence-corrected chi connectivity index (χ2v) is 1.67. The molecule has 0 aliphatic carbocycles. The molecule has 0 saturated carbocycles. The van der Waals surface area contributed by atoms with Gasteiger partial charge in [0.05, 0.1) is 5.69 Å².